The van der Waals surface area contributed by atoms with Gasteiger partial charge in [-0.2, -0.15) is 0 Å². The van der Waals surface area contributed by atoms with Crippen LogP contribution in [0.4, 0.5) is 0 Å². The summed E-state index contributed by atoms with van der Waals surface area (Å²) in [7, 11) is -0.0220. The molecular weight excluding hydrogens is 392 g/mol. The molecule has 0 radical (unpaired) electrons. The molecule has 29 heavy (non-hydrogen) atoms. The zero-order chi connectivity index (χ0) is 21.2. The van der Waals surface area contributed by atoms with Crippen molar-refractivity contribution in [2.24, 2.45) is 0 Å². The van der Waals surface area contributed by atoms with Crippen LogP contribution < -0.4 is 0 Å². The molecule has 0 atom stereocenters. The second-order valence-corrected chi connectivity index (χ2v) is 12.2. The van der Waals surface area contributed by atoms with Crippen molar-refractivity contribution < 1.29 is 0 Å². The maximum Gasteiger partial charge on any atom is 0.161 e. The van der Waals surface area contributed by atoms with Crippen molar-refractivity contribution in [3.05, 3.63) is 94.5 Å². The predicted octanol–water partition coefficient (Wildman–Crippen LogP) is 8.17. The second kappa shape index (κ2) is 8.58. The van der Waals surface area contributed by atoms with Crippen LogP contribution in [0.2, 0.25) is 5.02 Å². The molecule has 0 unspecified atom stereocenters. The van der Waals surface area contributed by atoms with Gasteiger partial charge in [-0.3, -0.25) is 0 Å². The van der Waals surface area contributed by atoms with E-state index in [1.54, 1.807) is 0 Å². The standard InChI is InChI=1S/C27H32ClS/c1-26(2,3)21-9-15-24(16-10-21)29(19-20-7-13-23(28)14-8-20)25-17-11-22(12-18-25)27(4,5)6/h7-18H,19H2,1-6H3/q+1. The zero-order valence-corrected chi connectivity index (χ0v) is 20.0. The van der Waals surface area contributed by atoms with Crippen molar-refractivity contribution in [1.29, 1.82) is 0 Å². The highest BCUT2D eigenvalue weighted by Crippen LogP contribution is 2.32. The molecule has 0 nitrogen and oxygen atoms in total. The molecule has 0 heterocycles. The number of benzene rings is 3. The van der Waals surface area contributed by atoms with Crippen LogP contribution in [0.15, 0.2) is 82.6 Å². The Bertz CT molecular complexity index is 867. The number of hydrogen-bond acceptors (Lipinski definition) is 0. The lowest BCUT2D eigenvalue weighted by atomic mass is 9.87. The maximum absolute atomic E-state index is 6.10. The first kappa shape index (κ1) is 22.0. The van der Waals surface area contributed by atoms with Gasteiger partial charge in [0.1, 0.15) is 5.75 Å². The average Bonchev–Trinajstić information content (AvgIpc) is 2.66. The summed E-state index contributed by atoms with van der Waals surface area (Å²) in [5.74, 6) is 0.987. The SMILES string of the molecule is CC(C)(C)c1ccc([S+](Cc2ccc(Cl)cc2)c2ccc(C(C)(C)C)cc2)cc1. The Kier molecular flexibility index (Phi) is 6.51. The molecule has 0 fully saturated rings. The van der Waals surface area contributed by atoms with Gasteiger partial charge in [-0.1, -0.05) is 89.5 Å². The quantitative estimate of drug-likeness (QED) is 0.371. The third-order valence-corrected chi connectivity index (χ3v) is 7.79. The summed E-state index contributed by atoms with van der Waals surface area (Å²) in [6.45, 7) is 13.6. The van der Waals surface area contributed by atoms with Crippen LogP contribution in [0.1, 0.15) is 58.2 Å². The molecule has 0 aromatic heterocycles. The van der Waals surface area contributed by atoms with Crippen molar-refractivity contribution in [3.63, 3.8) is 0 Å². The molecule has 0 N–H and O–H groups in total. The fourth-order valence-electron chi connectivity index (χ4n) is 3.29. The Hall–Kier alpha value is -1.70. The van der Waals surface area contributed by atoms with E-state index in [1.807, 2.05) is 12.1 Å². The minimum absolute atomic E-state index is 0.0220. The largest absolute Gasteiger partial charge is 0.161 e. The second-order valence-electron chi connectivity index (χ2n) is 9.71. The zero-order valence-electron chi connectivity index (χ0n) is 18.4. The lowest BCUT2D eigenvalue weighted by Crippen LogP contribution is -2.13. The van der Waals surface area contributed by atoms with E-state index in [1.165, 1.54) is 26.5 Å². The van der Waals surface area contributed by atoms with E-state index >= 15 is 0 Å². The monoisotopic (exact) mass is 423 g/mol. The van der Waals surface area contributed by atoms with Gasteiger partial charge < -0.3 is 0 Å². The van der Waals surface area contributed by atoms with Crippen LogP contribution in [-0.4, -0.2) is 0 Å². The molecule has 0 saturated heterocycles. The van der Waals surface area contributed by atoms with Crippen molar-refractivity contribution >= 4 is 22.5 Å². The van der Waals surface area contributed by atoms with Gasteiger partial charge in [-0.05, 0) is 58.4 Å². The number of rotatable bonds is 4. The van der Waals surface area contributed by atoms with E-state index in [2.05, 4.69) is 102 Å². The molecule has 0 aliphatic heterocycles. The van der Waals surface area contributed by atoms with Crippen LogP contribution in [0, 0.1) is 0 Å². The Balaban J connectivity index is 1.98. The summed E-state index contributed by atoms with van der Waals surface area (Å²) >= 11 is 6.10. The van der Waals surface area contributed by atoms with Crippen LogP contribution in [0.3, 0.4) is 0 Å². The third-order valence-electron chi connectivity index (χ3n) is 5.23. The van der Waals surface area contributed by atoms with E-state index in [9.17, 15) is 0 Å². The van der Waals surface area contributed by atoms with Gasteiger partial charge in [-0.15, -0.1) is 0 Å². The van der Waals surface area contributed by atoms with Gasteiger partial charge in [0.05, 0.1) is 10.9 Å². The fourth-order valence-corrected chi connectivity index (χ4v) is 5.47. The van der Waals surface area contributed by atoms with Gasteiger partial charge >= 0.3 is 0 Å². The highest BCUT2D eigenvalue weighted by molar-refractivity contribution is 7.96. The van der Waals surface area contributed by atoms with Crippen LogP contribution in [0.5, 0.6) is 0 Å². The molecule has 3 aromatic rings. The van der Waals surface area contributed by atoms with E-state index in [0.29, 0.717) is 0 Å². The molecule has 0 saturated carbocycles. The predicted molar refractivity (Wildman–Crippen MR) is 129 cm³/mol. The van der Waals surface area contributed by atoms with Gasteiger partial charge in [0.15, 0.2) is 9.79 Å². The summed E-state index contributed by atoms with van der Waals surface area (Å²) < 4.78 is 0. The summed E-state index contributed by atoms with van der Waals surface area (Å²) in [4.78, 5) is 2.77. The summed E-state index contributed by atoms with van der Waals surface area (Å²) in [6.07, 6.45) is 0. The van der Waals surface area contributed by atoms with E-state index < -0.39 is 0 Å². The first-order valence-corrected chi connectivity index (χ1v) is 12.0. The summed E-state index contributed by atoms with van der Waals surface area (Å²) in [5.41, 5.74) is 4.40. The average molecular weight is 424 g/mol. The molecule has 3 aromatic carbocycles. The van der Waals surface area contributed by atoms with Crippen molar-refractivity contribution in [1.82, 2.24) is 0 Å². The number of halogens is 1. The van der Waals surface area contributed by atoms with Crippen LogP contribution in [0.25, 0.3) is 0 Å². The molecule has 0 spiro atoms. The van der Waals surface area contributed by atoms with Gasteiger partial charge in [0.2, 0.25) is 0 Å². The van der Waals surface area contributed by atoms with E-state index in [-0.39, 0.29) is 21.7 Å². The third kappa shape index (κ3) is 5.68. The topological polar surface area (TPSA) is 0 Å². The van der Waals surface area contributed by atoms with Crippen LogP contribution in [-0.2, 0) is 27.5 Å². The molecular formula is C27H32ClS+. The van der Waals surface area contributed by atoms with Gasteiger partial charge in [0.25, 0.3) is 0 Å². The maximum atomic E-state index is 6.10. The smallest absolute Gasteiger partial charge is 0.0843 e. The first-order valence-electron chi connectivity index (χ1n) is 10.2. The van der Waals surface area contributed by atoms with Crippen LogP contribution >= 0.6 is 11.6 Å². The minimum Gasteiger partial charge on any atom is -0.0843 e. The van der Waals surface area contributed by atoms with Crippen molar-refractivity contribution in [2.45, 2.75) is 67.9 Å². The summed E-state index contributed by atoms with van der Waals surface area (Å²) in [5, 5.41) is 0.790. The molecule has 0 aliphatic carbocycles. The normalized spacial score (nSPS) is 12.4. The van der Waals surface area contributed by atoms with Crippen molar-refractivity contribution in [2.75, 3.05) is 0 Å². The van der Waals surface area contributed by atoms with E-state index in [4.69, 9.17) is 11.6 Å². The molecule has 2 heteroatoms. The van der Waals surface area contributed by atoms with Crippen molar-refractivity contribution in [3.8, 4) is 0 Å². The highest BCUT2D eigenvalue weighted by atomic mass is 35.5. The van der Waals surface area contributed by atoms with Gasteiger partial charge in [0, 0.05) is 10.6 Å². The van der Waals surface area contributed by atoms with Gasteiger partial charge in [-0.25, -0.2) is 0 Å². The Morgan fingerprint density at radius 1 is 0.586 bits per heavy atom. The summed E-state index contributed by atoms with van der Waals surface area (Å²) in [6, 6.07) is 26.7. The molecule has 0 bridgehead atoms. The molecule has 152 valence electrons. The van der Waals surface area contributed by atoms with E-state index in [0.717, 1.165) is 10.8 Å². The fraction of sp³-hybridized carbons (Fsp3) is 0.333. The Morgan fingerprint density at radius 2 is 0.966 bits per heavy atom. The lowest BCUT2D eigenvalue weighted by Gasteiger charge is -2.20. The first-order chi connectivity index (χ1) is 13.5. The molecule has 3 rings (SSSR count). The molecule has 0 aliphatic rings. The Morgan fingerprint density at radius 3 is 1.31 bits per heavy atom. The minimum atomic E-state index is -0.0220. The Labute approximate surface area is 184 Å². The highest BCUT2D eigenvalue weighted by Gasteiger charge is 2.27. The number of hydrogen-bond donors (Lipinski definition) is 0. The lowest BCUT2D eigenvalue weighted by molar-refractivity contribution is 0.589. The molecule has 0 amide bonds.